The van der Waals surface area contributed by atoms with Gasteiger partial charge in [-0.05, 0) is 31.5 Å². The first-order chi connectivity index (χ1) is 8.07. The SMILES string of the molecule is CS(=O)(=O)c1cccnc1OC1CCCNC1. The minimum absolute atomic E-state index is 0.000787. The van der Waals surface area contributed by atoms with E-state index >= 15 is 0 Å². The summed E-state index contributed by atoms with van der Waals surface area (Å²) in [7, 11) is -3.29. The third kappa shape index (κ3) is 3.17. The number of piperidine rings is 1. The molecule has 17 heavy (non-hydrogen) atoms. The average molecular weight is 256 g/mol. The van der Waals surface area contributed by atoms with Crippen LogP contribution in [0.15, 0.2) is 23.2 Å². The Balaban J connectivity index is 2.20. The summed E-state index contributed by atoms with van der Waals surface area (Å²) < 4.78 is 28.8. The van der Waals surface area contributed by atoms with Gasteiger partial charge in [-0.1, -0.05) is 0 Å². The van der Waals surface area contributed by atoms with Crippen molar-refractivity contribution in [2.45, 2.75) is 23.8 Å². The first kappa shape index (κ1) is 12.3. The molecule has 1 atom stereocenters. The molecule has 0 aromatic carbocycles. The molecule has 1 aliphatic heterocycles. The molecule has 1 unspecified atom stereocenters. The number of hydrogen-bond acceptors (Lipinski definition) is 5. The predicted octanol–water partition coefficient (Wildman–Crippen LogP) is 0.616. The van der Waals surface area contributed by atoms with Crippen LogP contribution >= 0.6 is 0 Å². The van der Waals surface area contributed by atoms with E-state index in [2.05, 4.69) is 10.3 Å². The number of nitrogens with one attached hydrogen (secondary N) is 1. The van der Waals surface area contributed by atoms with E-state index in [9.17, 15) is 8.42 Å². The van der Waals surface area contributed by atoms with Crippen molar-refractivity contribution in [2.75, 3.05) is 19.3 Å². The van der Waals surface area contributed by atoms with E-state index in [4.69, 9.17) is 4.74 Å². The lowest BCUT2D eigenvalue weighted by Crippen LogP contribution is -2.37. The van der Waals surface area contributed by atoms with Gasteiger partial charge in [-0.15, -0.1) is 0 Å². The van der Waals surface area contributed by atoms with Crippen LogP contribution in [0.2, 0.25) is 0 Å². The molecular weight excluding hydrogens is 240 g/mol. The molecular formula is C11H16N2O3S. The highest BCUT2D eigenvalue weighted by Crippen LogP contribution is 2.22. The number of rotatable bonds is 3. The number of hydrogen-bond donors (Lipinski definition) is 1. The second kappa shape index (κ2) is 5.01. The van der Waals surface area contributed by atoms with Crippen LogP contribution in [-0.4, -0.2) is 38.9 Å². The minimum atomic E-state index is -3.29. The summed E-state index contributed by atoms with van der Waals surface area (Å²) in [4.78, 5) is 4.17. The highest BCUT2D eigenvalue weighted by atomic mass is 32.2. The van der Waals surface area contributed by atoms with Crippen LogP contribution in [0.25, 0.3) is 0 Å². The molecule has 0 bridgehead atoms. The van der Waals surface area contributed by atoms with Gasteiger partial charge in [-0.25, -0.2) is 13.4 Å². The fourth-order valence-corrected chi connectivity index (χ4v) is 2.57. The number of ether oxygens (including phenoxy) is 1. The molecule has 2 rings (SSSR count). The van der Waals surface area contributed by atoms with Crippen molar-refractivity contribution in [3.05, 3.63) is 18.3 Å². The smallest absolute Gasteiger partial charge is 0.232 e. The van der Waals surface area contributed by atoms with Crippen LogP contribution in [0, 0.1) is 0 Å². The molecule has 94 valence electrons. The van der Waals surface area contributed by atoms with Crippen molar-refractivity contribution in [3.63, 3.8) is 0 Å². The van der Waals surface area contributed by atoms with E-state index in [1.165, 1.54) is 6.07 Å². The molecule has 0 amide bonds. The van der Waals surface area contributed by atoms with Gasteiger partial charge in [0.2, 0.25) is 5.88 Å². The fourth-order valence-electron chi connectivity index (χ4n) is 1.83. The van der Waals surface area contributed by atoms with Gasteiger partial charge in [-0.3, -0.25) is 0 Å². The zero-order valence-electron chi connectivity index (χ0n) is 9.72. The van der Waals surface area contributed by atoms with Crippen molar-refractivity contribution < 1.29 is 13.2 Å². The Kier molecular flexibility index (Phi) is 3.63. The van der Waals surface area contributed by atoms with Crippen LogP contribution in [-0.2, 0) is 9.84 Å². The van der Waals surface area contributed by atoms with Crippen LogP contribution in [0.3, 0.4) is 0 Å². The summed E-state index contributed by atoms with van der Waals surface area (Å²) in [6.07, 6.45) is 4.66. The lowest BCUT2D eigenvalue weighted by Gasteiger charge is -2.23. The average Bonchev–Trinajstić information content (AvgIpc) is 2.30. The van der Waals surface area contributed by atoms with Crippen molar-refractivity contribution in [1.82, 2.24) is 10.3 Å². The topological polar surface area (TPSA) is 68.3 Å². The summed E-state index contributed by atoms with van der Waals surface area (Å²) in [5.41, 5.74) is 0. The summed E-state index contributed by atoms with van der Waals surface area (Å²) in [6, 6.07) is 3.12. The molecule has 1 saturated heterocycles. The Morgan fingerprint density at radius 3 is 3.00 bits per heavy atom. The molecule has 1 N–H and O–H groups in total. The van der Waals surface area contributed by atoms with Gasteiger partial charge < -0.3 is 10.1 Å². The molecule has 1 aliphatic rings. The summed E-state index contributed by atoms with van der Waals surface area (Å²) >= 11 is 0. The predicted molar refractivity (Wildman–Crippen MR) is 63.9 cm³/mol. The summed E-state index contributed by atoms with van der Waals surface area (Å²) in [5, 5.41) is 3.21. The zero-order valence-corrected chi connectivity index (χ0v) is 10.5. The Bertz CT molecular complexity index is 481. The maximum absolute atomic E-state index is 11.6. The maximum atomic E-state index is 11.6. The van der Waals surface area contributed by atoms with E-state index in [1.807, 2.05) is 0 Å². The van der Waals surface area contributed by atoms with Crippen molar-refractivity contribution in [2.24, 2.45) is 0 Å². The van der Waals surface area contributed by atoms with E-state index in [-0.39, 0.29) is 16.9 Å². The first-order valence-corrected chi connectivity index (χ1v) is 7.49. The van der Waals surface area contributed by atoms with Gasteiger partial charge in [0.1, 0.15) is 11.0 Å². The monoisotopic (exact) mass is 256 g/mol. The van der Waals surface area contributed by atoms with Gasteiger partial charge in [0.15, 0.2) is 9.84 Å². The number of aromatic nitrogens is 1. The largest absolute Gasteiger partial charge is 0.472 e. The fraction of sp³-hybridized carbons (Fsp3) is 0.545. The summed E-state index contributed by atoms with van der Waals surface area (Å²) in [6.45, 7) is 1.72. The van der Waals surface area contributed by atoms with Gasteiger partial charge in [-0.2, -0.15) is 0 Å². The molecule has 0 aliphatic carbocycles. The molecule has 1 aromatic heterocycles. The molecule has 0 radical (unpaired) electrons. The van der Waals surface area contributed by atoms with Crippen LogP contribution < -0.4 is 10.1 Å². The van der Waals surface area contributed by atoms with Crippen molar-refractivity contribution in [1.29, 1.82) is 0 Å². The molecule has 0 saturated carbocycles. The van der Waals surface area contributed by atoms with E-state index in [0.29, 0.717) is 0 Å². The Morgan fingerprint density at radius 2 is 2.35 bits per heavy atom. The quantitative estimate of drug-likeness (QED) is 0.858. The second-order valence-corrected chi connectivity index (χ2v) is 6.15. The molecule has 1 fully saturated rings. The third-order valence-corrected chi connectivity index (χ3v) is 3.78. The lowest BCUT2D eigenvalue weighted by molar-refractivity contribution is 0.156. The van der Waals surface area contributed by atoms with Gasteiger partial charge in [0.25, 0.3) is 0 Å². The van der Waals surface area contributed by atoms with E-state index in [0.717, 1.165) is 32.2 Å². The van der Waals surface area contributed by atoms with Crippen LogP contribution in [0.5, 0.6) is 5.88 Å². The van der Waals surface area contributed by atoms with E-state index in [1.54, 1.807) is 12.3 Å². The standard InChI is InChI=1S/C11H16N2O3S/c1-17(14,15)10-5-3-7-13-11(10)16-9-4-2-6-12-8-9/h3,5,7,9,12H,2,4,6,8H2,1H3. The Hall–Kier alpha value is -1.14. The molecule has 1 aromatic rings. The lowest BCUT2D eigenvalue weighted by atomic mass is 10.1. The van der Waals surface area contributed by atoms with Crippen LogP contribution in [0.1, 0.15) is 12.8 Å². The second-order valence-electron chi connectivity index (χ2n) is 4.17. The number of nitrogens with zero attached hydrogens (tertiary/aromatic N) is 1. The first-order valence-electron chi connectivity index (χ1n) is 5.60. The number of pyridine rings is 1. The molecule has 2 heterocycles. The van der Waals surface area contributed by atoms with Crippen molar-refractivity contribution in [3.8, 4) is 5.88 Å². The highest BCUT2D eigenvalue weighted by Gasteiger charge is 2.20. The Labute approximate surface area is 101 Å². The zero-order chi connectivity index (χ0) is 12.3. The van der Waals surface area contributed by atoms with Gasteiger partial charge >= 0.3 is 0 Å². The van der Waals surface area contributed by atoms with Gasteiger partial charge in [0.05, 0.1) is 0 Å². The maximum Gasteiger partial charge on any atom is 0.232 e. The van der Waals surface area contributed by atoms with Crippen molar-refractivity contribution >= 4 is 9.84 Å². The summed E-state index contributed by atoms with van der Waals surface area (Å²) in [5.74, 6) is 0.212. The highest BCUT2D eigenvalue weighted by molar-refractivity contribution is 7.90. The van der Waals surface area contributed by atoms with Crippen LogP contribution in [0.4, 0.5) is 0 Å². The van der Waals surface area contributed by atoms with Gasteiger partial charge in [0, 0.05) is 19.0 Å². The molecule has 5 nitrogen and oxygen atoms in total. The molecule has 0 spiro atoms. The normalized spacial score (nSPS) is 21.1. The Morgan fingerprint density at radius 1 is 1.53 bits per heavy atom. The van der Waals surface area contributed by atoms with E-state index < -0.39 is 9.84 Å². The third-order valence-electron chi connectivity index (χ3n) is 2.67. The minimum Gasteiger partial charge on any atom is -0.472 e. The molecule has 6 heteroatoms. The number of sulfone groups is 1.